The number of aliphatic hydroxyl groups is 1. The van der Waals surface area contributed by atoms with Gasteiger partial charge in [-0.15, -0.1) is 0 Å². The maximum Gasteiger partial charge on any atom is 0.472 e. The minimum Gasteiger partial charge on any atom is -0.383 e. The van der Waals surface area contributed by atoms with E-state index >= 15 is 0 Å². The highest BCUT2D eigenvalue weighted by Gasteiger charge is 2.38. The van der Waals surface area contributed by atoms with Crippen LogP contribution in [-0.4, -0.2) is 59.0 Å². The Bertz CT molecular complexity index is 523. The summed E-state index contributed by atoms with van der Waals surface area (Å²) in [6.45, 7) is 7.91. The van der Waals surface area contributed by atoms with Crippen molar-refractivity contribution >= 4 is 32.3 Å². The fourth-order valence-electron chi connectivity index (χ4n) is 1.73. The Balaban J connectivity index is 4.47. The lowest BCUT2D eigenvalue weighted by Gasteiger charge is -2.31. The van der Waals surface area contributed by atoms with E-state index in [0.29, 0.717) is 12.3 Å². The zero-order valence-corrected chi connectivity index (χ0v) is 17.7. The van der Waals surface area contributed by atoms with Gasteiger partial charge in [-0.25, -0.2) is 4.57 Å². The lowest BCUT2D eigenvalue weighted by atomic mass is 9.87. The van der Waals surface area contributed by atoms with Gasteiger partial charge >= 0.3 is 7.82 Å². The molecule has 0 spiro atoms. The van der Waals surface area contributed by atoms with Gasteiger partial charge in [-0.05, 0) is 20.8 Å². The average molecular weight is 414 g/mol. The molecule has 26 heavy (non-hydrogen) atoms. The Kier molecular flexibility index (Phi) is 10.4. The number of hydrogen-bond acceptors (Lipinski definition) is 7. The molecular weight excluding hydrogens is 383 g/mol. The van der Waals surface area contributed by atoms with E-state index in [0.717, 1.165) is 0 Å². The van der Waals surface area contributed by atoms with Crippen molar-refractivity contribution in [1.82, 2.24) is 10.6 Å². The number of hydrogen-bond donors (Lipinski definition) is 5. The van der Waals surface area contributed by atoms with E-state index in [9.17, 15) is 24.2 Å². The summed E-state index contributed by atoms with van der Waals surface area (Å²) in [5, 5.41) is 15.2. The molecule has 154 valence electrons. The smallest absolute Gasteiger partial charge is 0.383 e. The molecule has 0 heterocycles. The van der Waals surface area contributed by atoms with Crippen molar-refractivity contribution in [2.75, 3.05) is 25.4 Å². The van der Waals surface area contributed by atoms with Gasteiger partial charge < -0.3 is 20.6 Å². The third kappa shape index (κ3) is 11.2. The van der Waals surface area contributed by atoms with Crippen molar-refractivity contribution in [3.05, 3.63) is 0 Å². The number of thiol groups is 1. The van der Waals surface area contributed by atoms with Crippen LogP contribution in [0.5, 0.6) is 0 Å². The van der Waals surface area contributed by atoms with Gasteiger partial charge in [-0.3, -0.25) is 18.6 Å². The fraction of sp³-hybridized carbons (Fsp3) is 0.867. The number of aliphatic hydroxyl groups excluding tert-OH is 1. The quantitative estimate of drug-likeness (QED) is 0.250. The highest BCUT2D eigenvalue weighted by atomic mass is 32.1. The molecule has 0 aliphatic heterocycles. The molecule has 0 saturated carbocycles. The Labute approximate surface area is 160 Å². The van der Waals surface area contributed by atoms with Crippen LogP contribution in [0.25, 0.3) is 0 Å². The SMILES string of the molecule is CC(C)(C)OP(=O)(O)OCC(C)(C)C(O)C(=O)NCCC(=O)NCCS. The van der Waals surface area contributed by atoms with Crippen molar-refractivity contribution in [3.8, 4) is 0 Å². The first-order chi connectivity index (χ1) is 11.7. The molecule has 0 aliphatic carbocycles. The predicted octanol–water partition coefficient (Wildman–Crippen LogP) is 0.858. The van der Waals surface area contributed by atoms with Gasteiger partial charge in [0.1, 0.15) is 6.10 Å². The van der Waals surface area contributed by atoms with Crippen molar-refractivity contribution < 1.29 is 33.2 Å². The summed E-state index contributed by atoms with van der Waals surface area (Å²) in [5.74, 6) is -0.430. The van der Waals surface area contributed by atoms with E-state index in [1.54, 1.807) is 20.8 Å². The van der Waals surface area contributed by atoms with Crippen LogP contribution in [0.1, 0.15) is 41.0 Å². The van der Waals surface area contributed by atoms with E-state index in [-0.39, 0.29) is 25.5 Å². The number of rotatable bonds is 11. The van der Waals surface area contributed by atoms with Crippen LogP contribution >= 0.6 is 20.5 Å². The number of amides is 2. The number of nitrogens with one attached hydrogen (secondary N) is 2. The molecule has 11 heteroatoms. The van der Waals surface area contributed by atoms with E-state index in [1.807, 2.05) is 0 Å². The van der Waals surface area contributed by atoms with Crippen LogP contribution in [0.15, 0.2) is 0 Å². The second kappa shape index (κ2) is 10.6. The largest absolute Gasteiger partial charge is 0.472 e. The highest BCUT2D eigenvalue weighted by Crippen LogP contribution is 2.48. The molecule has 2 atom stereocenters. The van der Waals surface area contributed by atoms with Crippen LogP contribution in [0.3, 0.4) is 0 Å². The normalized spacial score (nSPS) is 15.8. The molecule has 2 amide bonds. The first-order valence-corrected chi connectivity index (χ1v) is 10.3. The van der Waals surface area contributed by atoms with Gasteiger partial charge in [0.25, 0.3) is 0 Å². The predicted molar refractivity (Wildman–Crippen MR) is 101 cm³/mol. The Hall–Kier alpha value is -0.640. The summed E-state index contributed by atoms with van der Waals surface area (Å²) in [6.07, 6.45) is -1.44. The van der Waals surface area contributed by atoms with Crippen LogP contribution in [0.2, 0.25) is 0 Å². The molecule has 0 radical (unpaired) electrons. The number of phosphoric acid groups is 1. The van der Waals surface area contributed by atoms with E-state index in [4.69, 9.17) is 9.05 Å². The highest BCUT2D eigenvalue weighted by molar-refractivity contribution is 7.80. The molecule has 0 aromatic carbocycles. The standard InChI is InChI=1S/C15H31N2O7PS/c1-14(2,3)24-25(21,22)23-10-15(4,5)12(19)13(20)17-7-6-11(18)16-8-9-26/h12,19,26H,6-10H2,1-5H3,(H,16,18)(H,17,20)(H,21,22). The second-order valence-electron chi connectivity index (χ2n) is 7.45. The molecule has 0 bridgehead atoms. The summed E-state index contributed by atoms with van der Waals surface area (Å²) in [4.78, 5) is 33.1. The maximum atomic E-state index is 12.0. The molecule has 9 nitrogen and oxygen atoms in total. The lowest BCUT2D eigenvalue weighted by Crippen LogP contribution is -2.46. The van der Waals surface area contributed by atoms with Crippen molar-refractivity contribution in [2.24, 2.45) is 5.41 Å². The van der Waals surface area contributed by atoms with Gasteiger partial charge in [-0.2, -0.15) is 12.6 Å². The minimum atomic E-state index is -4.33. The third-order valence-corrected chi connectivity index (χ3v) is 4.52. The third-order valence-electron chi connectivity index (χ3n) is 3.06. The second-order valence-corrected chi connectivity index (χ2v) is 9.28. The Morgan fingerprint density at radius 1 is 1.15 bits per heavy atom. The maximum absolute atomic E-state index is 12.0. The zero-order chi connectivity index (χ0) is 20.6. The lowest BCUT2D eigenvalue weighted by molar-refractivity contribution is -0.137. The number of carbonyl (C=O) groups excluding carboxylic acids is 2. The minimum absolute atomic E-state index is 0.0524. The average Bonchev–Trinajstić information content (AvgIpc) is 2.48. The molecule has 2 unspecified atom stereocenters. The monoisotopic (exact) mass is 414 g/mol. The Morgan fingerprint density at radius 3 is 2.23 bits per heavy atom. The van der Waals surface area contributed by atoms with Crippen LogP contribution < -0.4 is 10.6 Å². The molecule has 0 saturated heterocycles. The molecule has 4 N–H and O–H groups in total. The van der Waals surface area contributed by atoms with E-state index in [1.165, 1.54) is 13.8 Å². The number of carbonyl (C=O) groups is 2. The van der Waals surface area contributed by atoms with Gasteiger partial charge in [0.2, 0.25) is 11.8 Å². The molecule has 0 fully saturated rings. The fourth-order valence-corrected chi connectivity index (χ4v) is 3.09. The Morgan fingerprint density at radius 2 is 1.73 bits per heavy atom. The summed E-state index contributed by atoms with van der Waals surface area (Å²) < 4.78 is 21.7. The van der Waals surface area contributed by atoms with Crippen molar-refractivity contribution in [3.63, 3.8) is 0 Å². The van der Waals surface area contributed by atoms with Gasteiger partial charge in [0, 0.05) is 30.7 Å². The molecule has 0 aromatic heterocycles. The first kappa shape index (κ1) is 25.4. The van der Waals surface area contributed by atoms with E-state index in [2.05, 4.69) is 23.3 Å². The zero-order valence-electron chi connectivity index (χ0n) is 15.9. The van der Waals surface area contributed by atoms with Gasteiger partial charge in [0.15, 0.2) is 0 Å². The van der Waals surface area contributed by atoms with E-state index < -0.39 is 30.8 Å². The molecular formula is C15H31N2O7PS. The summed E-state index contributed by atoms with van der Waals surface area (Å²) >= 11 is 3.96. The molecule has 0 aromatic rings. The number of phosphoric ester groups is 1. The van der Waals surface area contributed by atoms with Crippen LogP contribution in [0.4, 0.5) is 0 Å². The van der Waals surface area contributed by atoms with Crippen LogP contribution in [-0.2, 0) is 23.2 Å². The summed E-state index contributed by atoms with van der Waals surface area (Å²) in [5.41, 5.74) is -2.05. The first-order valence-electron chi connectivity index (χ1n) is 8.21. The summed E-state index contributed by atoms with van der Waals surface area (Å²) in [7, 11) is -4.33. The van der Waals surface area contributed by atoms with Gasteiger partial charge in [-0.1, -0.05) is 13.8 Å². The van der Waals surface area contributed by atoms with Crippen molar-refractivity contribution in [1.29, 1.82) is 0 Å². The van der Waals surface area contributed by atoms with Crippen molar-refractivity contribution in [2.45, 2.75) is 52.7 Å². The molecule has 0 aliphatic rings. The topological polar surface area (TPSA) is 134 Å². The van der Waals surface area contributed by atoms with Gasteiger partial charge in [0.05, 0.1) is 12.2 Å². The summed E-state index contributed by atoms with van der Waals surface area (Å²) in [6, 6.07) is 0. The van der Waals surface area contributed by atoms with Crippen LogP contribution in [0, 0.1) is 5.41 Å². The molecule has 0 rings (SSSR count).